The largest absolute Gasteiger partial charge is 0.495 e. The SMILES string of the molecule is COc1ccccc1NC(=O)c1ccc(NC(=O)C(C)N2CCN(C(C)=O)CC2)cc1. The standard InChI is InChI=1S/C23H28N4O4/c1-16(26-12-14-27(15-13-26)17(2)28)22(29)24-19-10-8-18(9-11-19)23(30)25-20-6-4-5-7-21(20)31-3/h4-11,16H,12-15H2,1-3H3,(H,24,29)(H,25,30). The third kappa shape index (κ3) is 5.61. The average molecular weight is 425 g/mol. The van der Waals surface area contributed by atoms with E-state index in [9.17, 15) is 14.4 Å². The minimum Gasteiger partial charge on any atom is -0.495 e. The molecule has 0 spiro atoms. The van der Waals surface area contributed by atoms with Crippen LogP contribution in [0.4, 0.5) is 11.4 Å². The Morgan fingerprint density at radius 2 is 1.58 bits per heavy atom. The number of para-hydroxylation sites is 2. The molecule has 1 unspecified atom stereocenters. The van der Waals surface area contributed by atoms with Crippen LogP contribution >= 0.6 is 0 Å². The summed E-state index contributed by atoms with van der Waals surface area (Å²) in [5.41, 5.74) is 1.68. The number of benzene rings is 2. The van der Waals surface area contributed by atoms with Gasteiger partial charge < -0.3 is 20.3 Å². The predicted molar refractivity (Wildman–Crippen MR) is 119 cm³/mol. The third-order valence-corrected chi connectivity index (χ3v) is 5.46. The van der Waals surface area contributed by atoms with Crippen LogP contribution in [0.1, 0.15) is 24.2 Å². The highest BCUT2D eigenvalue weighted by Crippen LogP contribution is 2.24. The molecule has 2 aromatic rings. The third-order valence-electron chi connectivity index (χ3n) is 5.46. The summed E-state index contributed by atoms with van der Waals surface area (Å²) in [6, 6.07) is 13.6. The molecule has 1 fully saturated rings. The maximum Gasteiger partial charge on any atom is 0.255 e. The zero-order valence-corrected chi connectivity index (χ0v) is 18.1. The van der Waals surface area contributed by atoms with Gasteiger partial charge in [-0.25, -0.2) is 0 Å². The van der Waals surface area contributed by atoms with E-state index in [0.29, 0.717) is 48.9 Å². The lowest BCUT2D eigenvalue weighted by atomic mass is 10.1. The van der Waals surface area contributed by atoms with Crippen LogP contribution < -0.4 is 15.4 Å². The first-order valence-electron chi connectivity index (χ1n) is 10.2. The lowest BCUT2D eigenvalue weighted by Gasteiger charge is -2.37. The molecule has 0 aliphatic carbocycles. The van der Waals surface area contributed by atoms with Crippen LogP contribution in [0.3, 0.4) is 0 Å². The number of methoxy groups -OCH3 is 1. The Balaban J connectivity index is 1.55. The molecule has 1 saturated heterocycles. The van der Waals surface area contributed by atoms with Gasteiger partial charge in [-0.2, -0.15) is 0 Å². The first-order chi connectivity index (χ1) is 14.9. The van der Waals surface area contributed by atoms with E-state index in [-0.39, 0.29) is 23.8 Å². The van der Waals surface area contributed by atoms with Crippen molar-refractivity contribution >= 4 is 29.1 Å². The van der Waals surface area contributed by atoms with Crippen LogP contribution in [-0.2, 0) is 9.59 Å². The number of hydrogen-bond donors (Lipinski definition) is 2. The molecule has 1 aliphatic rings. The molecule has 2 aromatic carbocycles. The van der Waals surface area contributed by atoms with E-state index in [1.54, 1.807) is 55.3 Å². The topological polar surface area (TPSA) is 91.0 Å². The maximum absolute atomic E-state index is 12.6. The predicted octanol–water partition coefficient (Wildman–Crippen LogP) is 2.44. The van der Waals surface area contributed by atoms with Crippen LogP contribution in [0.25, 0.3) is 0 Å². The normalized spacial score (nSPS) is 15.1. The van der Waals surface area contributed by atoms with E-state index in [1.807, 2.05) is 19.1 Å². The number of amides is 3. The molecule has 8 nitrogen and oxygen atoms in total. The van der Waals surface area contributed by atoms with Crippen molar-refractivity contribution in [3.05, 3.63) is 54.1 Å². The number of nitrogens with one attached hydrogen (secondary N) is 2. The van der Waals surface area contributed by atoms with Crippen molar-refractivity contribution in [2.24, 2.45) is 0 Å². The molecule has 0 radical (unpaired) electrons. The Kier molecular flexibility index (Phi) is 7.25. The summed E-state index contributed by atoms with van der Waals surface area (Å²) in [7, 11) is 1.55. The molecule has 164 valence electrons. The first-order valence-corrected chi connectivity index (χ1v) is 10.2. The minimum absolute atomic E-state index is 0.0617. The van der Waals surface area contributed by atoms with Crippen molar-refractivity contribution in [3.8, 4) is 5.75 Å². The fourth-order valence-corrected chi connectivity index (χ4v) is 3.48. The fourth-order valence-electron chi connectivity index (χ4n) is 3.48. The van der Waals surface area contributed by atoms with E-state index >= 15 is 0 Å². The van der Waals surface area contributed by atoms with Crippen molar-refractivity contribution < 1.29 is 19.1 Å². The summed E-state index contributed by atoms with van der Waals surface area (Å²) >= 11 is 0. The monoisotopic (exact) mass is 424 g/mol. The highest BCUT2D eigenvalue weighted by Gasteiger charge is 2.26. The molecular weight excluding hydrogens is 396 g/mol. The number of piperazine rings is 1. The van der Waals surface area contributed by atoms with Gasteiger partial charge in [0.15, 0.2) is 0 Å². The van der Waals surface area contributed by atoms with Gasteiger partial charge >= 0.3 is 0 Å². The number of carbonyl (C=O) groups excluding carboxylic acids is 3. The maximum atomic E-state index is 12.6. The summed E-state index contributed by atoms with van der Waals surface area (Å²) in [5, 5.41) is 5.72. The number of nitrogens with zero attached hydrogens (tertiary/aromatic N) is 2. The Morgan fingerprint density at radius 3 is 2.19 bits per heavy atom. The van der Waals surface area contributed by atoms with Crippen molar-refractivity contribution in [2.45, 2.75) is 19.9 Å². The molecule has 0 aromatic heterocycles. The van der Waals surface area contributed by atoms with E-state index in [1.165, 1.54) is 0 Å². The summed E-state index contributed by atoms with van der Waals surface area (Å²) in [4.78, 5) is 40.4. The van der Waals surface area contributed by atoms with Crippen LogP contribution in [0.5, 0.6) is 5.75 Å². The van der Waals surface area contributed by atoms with Gasteiger partial charge in [0.05, 0.1) is 18.8 Å². The molecular formula is C23H28N4O4. The van der Waals surface area contributed by atoms with Crippen molar-refractivity contribution in [2.75, 3.05) is 43.9 Å². The zero-order valence-electron chi connectivity index (χ0n) is 18.1. The van der Waals surface area contributed by atoms with Gasteiger partial charge in [-0.1, -0.05) is 12.1 Å². The Hall–Kier alpha value is -3.39. The number of carbonyl (C=O) groups is 3. The molecule has 3 rings (SSSR count). The summed E-state index contributed by atoms with van der Waals surface area (Å²) in [5.74, 6) is 0.256. The smallest absolute Gasteiger partial charge is 0.255 e. The minimum atomic E-state index is -0.317. The highest BCUT2D eigenvalue weighted by molar-refractivity contribution is 6.05. The molecule has 1 aliphatic heterocycles. The molecule has 8 heteroatoms. The summed E-state index contributed by atoms with van der Waals surface area (Å²) in [6.45, 7) is 6.00. The second kappa shape index (κ2) is 10.1. The Morgan fingerprint density at radius 1 is 0.935 bits per heavy atom. The lowest BCUT2D eigenvalue weighted by Crippen LogP contribution is -2.53. The fraction of sp³-hybridized carbons (Fsp3) is 0.348. The quantitative estimate of drug-likeness (QED) is 0.743. The molecule has 31 heavy (non-hydrogen) atoms. The highest BCUT2D eigenvalue weighted by atomic mass is 16.5. The van der Waals surface area contributed by atoms with Gasteiger partial charge in [0.1, 0.15) is 5.75 Å². The van der Waals surface area contributed by atoms with Gasteiger partial charge in [-0.05, 0) is 43.3 Å². The molecule has 1 atom stereocenters. The van der Waals surface area contributed by atoms with Gasteiger partial charge in [-0.3, -0.25) is 19.3 Å². The number of ether oxygens (including phenoxy) is 1. The Bertz CT molecular complexity index is 937. The van der Waals surface area contributed by atoms with Gasteiger partial charge in [0, 0.05) is 44.4 Å². The molecule has 0 saturated carbocycles. The first kappa shape index (κ1) is 22.3. The molecule has 2 N–H and O–H groups in total. The molecule has 0 bridgehead atoms. The van der Waals surface area contributed by atoms with Crippen molar-refractivity contribution in [3.63, 3.8) is 0 Å². The lowest BCUT2D eigenvalue weighted by molar-refractivity contribution is -0.131. The van der Waals surface area contributed by atoms with Crippen molar-refractivity contribution in [1.82, 2.24) is 9.80 Å². The number of hydrogen-bond acceptors (Lipinski definition) is 5. The number of anilines is 2. The zero-order chi connectivity index (χ0) is 22.4. The van der Waals surface area contributed by atoms with Crippen molar-refractivity contribution in [1.29, 1.82) is 0 Å². The van der Waals surface area contributed by atoms with E-state index in [4.69, 9.17) is 4.74 Å². The summed E-state index contributed by atoms with van der Waals surface area (Å²) in [6.07, 6.45) is 0. The van der Waals surface area contributed by atoms with E-state index in [2.05, 4.69) is 15.5 Å². The van der Waals surface area contributed by atoms with E-state index < -0.39 is 0 Å². The van der Waals surface area contributed by atoms with Crippen LogP contribution in [0.2, 0.25) is 0 Å². The van der Waals surface area contributed by atoms with Gasteiger partial charge in [-0.15, -0.1) is 0 Å². The average Bonchev–Trinajstić information content (AvgIpc) is 2.79. The van der Waals surface area contributed by atoms with E-state index in [0.717, 1.165) is 0 Å². The van der Waals surface area contributed by atoms with Crippen LogP contribution in [0, 0.1) is 0 Å². The second-order valence-electron chi connectivity index (χ2n) is 7.44. The van der Waals surface area contributed by atoms with Gasteiger partial charge in [0.25, 0.3) is 5.91 Å². The van der Waals surface area contributed by atoms with Gasteiger partial charge in [0.2, 0.25) is 11.8 Å². The summed E-state index contributed by atoms with van der Waals surface area (Å²) < 4.78 is 5.25. The van der Waals surface area contributed by atoms with Crippen LogP contribution in [-0.4, -0.2) is 66.9 Å². The number of rotatable bonds is 6. The second-order valence-corrected chi connectivity index (χ2v) is 7.44. The molecule has 3 amide bonds. The Labute approximate surface area is 182 Å². The molecule has 1 heterocycles. The van der Waals surface area contributed by atoms with Crippen LogP contribution in [0.15, 0.2) is 48.5 Å².